The van der Waals surface area contributed by atoms with E-state index in [4.69, 9.17) is 0 Å². The lowest BCUT2D eigenvalue weighted by Gasteiger charge is -2.18. The van der Waals surface area contributed by atoms with Crippen LogP contribution in [0.2, 0.25) is 0 Å². The molecule has 2 atom stereocenters. The monoisotopic (exact) mass is 371 g/mol. The van der Waals surface area contributed by atoms with E-state index < -0.39 is 0 Å². The van der Waals surface area contributed by atoms with Gasteiger partial charge in [-0.05, 0) is 37.4 Å². The number of hydrogen-bond acceptors (Lipinski definition) is 4. The number of benzene rings is 1. The van der Waals surface area contributed by atoms with Crippen molar-refractivity contribution >= 4 is 28.1 Å². The Morgan fingerprint density at radius 3 is 2.85 bits per heavy atom. The quantitative estimate of drug-likeness (QED) is 0.585. The molecule has 3 aromatic rings. The lowest BCUT2D eigenvalue weighted by molar-refractivity contribution is -0.904. The van der Waals surface area contributed by atoms with Gasteiger partial charge in [0.05, 0.1) is 23.5 Å². The SMILES string of the molecule is CC[NH+](CC(=O)N[C@@H](C)c1cccs1)Cc1nc2ccccc2c(=O)[nH]1. The van der Waals surface area contributed by atoms with E-state index in [1.54, 1.807) is 17.4 Å². The van der Waals surface area contributed by atoms with Gasteiger partial charge in [-0.25, -0.2) is 4.98 Å². The first-order valence-electron chi connectivity index (χ1n) is 8.71. The van der Waals surface area contributed by atoms with E-state index in [-0.39, 0.29) is 17.5 Å². The third kappa shape index (κ3) is 4.36. The van der Waals surface area contributed by atoms with Gasteiger partial charge in [0.2, 0.25) is 0 Å². The largest absolute Gasteiger partial charge is 0.344 e. The zero-order chi connectivity index (χ0) is 18.5. The van der Waals surface area contributed by atoms with Crippen molar-refractivity contribution in [3.8, 4) is 0 Å². The van der Waals surface area contributed by atoms with Crippen LogP contribution >= 0.6 is 11.3 Å². The summed E-state index contributed by atoms with van der Waals surface area (Å²) >= 11 is 1.63. The fraction of sp³-hybridized carbons (Fsp3) is 0.316. The van der Waals surface area contributed by atoms with Crippen LogP contribution in [0.4, 0.5) is 0 Å². The summed E-state index contributed by atoms with van der Waals surface area (Å²) < 4.78 is 0. The number of aromatic nitrogens is 2. The highest BCUT2D eigenvalue weighted by Gasteiger charge is 2.17. The van der Waals surface area contributed by atoms with Gasteiger partial charge in [-0.3, -0.25) is 9.59 Å². The minimum Gasteiger partial charge on any atom is -0.344 e. The Morgan fingerprint density at radius 1 is 1.31 bits per heavy atom. The summed E-state index contributed by atoms with van der Waals surface area (Å²) in [6.45, 7) is 5.60. The van der Waals surface area contributed by atoms with Crippen molar-refractivity contribution in [2.24, 2.45) is 0 Å². The van der Waals surface area contributed by atoms with Crippen molar-refractivity contribution in [1.82, 2.24) is 15.3 Å². The van der Waals surface area contributed by atoms with Crippen LogP contribution in [0.25, 0.3) is 10.9 Å². The van der Waals surface area contributed by atoms with E-state index in [0.29, 0.717) is 29.8 Å². The summed E-state index contributed by atoms with van der Waals surface area (Å²) in [4.78, 5) is 34.1. The number of nitrogens with one attached hydrogen (secondary N) is 3. The molecule has 3 N–H and O–H groups in total. The highest BCUT2D eigenvalue weighted by molar-refractivity contribution is 7.10. The number of fused-ring (bicyclic) bond motifs is 1. The number of nitrogens with zero attached hydrogens (tertiary/aromatic N) is 1. The fourth-order valence-corrected chi connectivity index (χ4v) is 3.63. The Balaban J connectivity index is 1.66. The topological polar surface area (TPSA) is 79.3 Å². The Hall–Kier alpha value is -2.51. The summed E-state index contributed by atoms with van der Waals surface area (Å²) in [5.74, 6) is 0.593. The molecule has 2 heterocycles. The number of likely N-dealkylation sites (N-methyl/N-ethyl adjacent to an activating group) is 1. The van der Waals surface area contributed by atoms with Gasteiger partial charge in [0.15, 0.2) is 12.4 Å². The standard InChI is InChI=1S/C19H22N4O2S/c1-3-23(12-18(24)20-13(2)16-9-6-10-26-16)11-17-21-15-8-5-4-7-14(15)19(25)22-17/h4-10,13H,3,11-12H2,1-2H3,(H,20,24)(H,21,22,25)/p+1/t13-/m0/s1. The normalized spacial score (nSPS) is 13.5. The Labute approximate surface area is 155 Å². The van der Waals surface area contributed by atoms with Gasteiger partial charge in [-0.1, -0.05) is 18.2 Å². The average molecular weight is 371 g/mol. The number of carbonyl (C=O) groups excluding carboxylic acids is 1. The molecule has 0 fully saturated rings. The maximum atomic E-state index is 12.4. The van der Waals surface area contributed by atoms with Gasteiger partial charge in [-0.2, -0.15) is 0 Å². The smallest absolute Gasteiger partial charge is 0.275 e. The highest BCUT2D eigenvalue weighted by atomic mass is 32.1. The second kappa shape index (κ2) is 8.25. The van der Waals surface area contributed by atoms with Crippen molar-refractivity contribution in [2.45, 2.75) is 26.4 Å². The molecule has 0 aliphatic carbocycles. The minimum atomic E-state index is -0.142. The second-order valence-corrected chi connectivity index (χ2v) is 7.27. The third-order valence-electron chi connectivity index (χ3n) is 4.34. The lowest BCUT2D eigenvalue weighted by Crippen LogP contribution is -3.11. The number of carbonyl (C=O) groups is 1. The first-order valence-corrected chi connectivity index (χ1v) is 9.59. The molecule has 1 amide bonds. The summed E-state index contributed by atoms with van der Waals surface area (Å²) in [7, 11) is 0. The zero-order valence-corrected chi connectivity index (χ0v) is 15.7. The third-order valence-corrected chi connectivity index (χ3v) is 5.39. The number of thiophene rings is 1. The molecule has 6 nitrogen and oxygen atoms in total. The molecule has 0 bridgehead atoms. The van der Waals surface area contributed by atoms with Crippen molar-refractivity contribution in [3.05, 3.63) is 62.8 Å². The summed E-state index contributed by atoms with van der Waals surface area (Å²) in [6, 6.07) is 11.3. The van der Waals surface area contributed by atoms with Crippen molar-refractivity contribution < 1.29 is 9.69 Å². The number of quaternary nitrogens is 1. The van der Waals surface area contributed by atoms with E-state index in [2.05, 4.69) is 15.3 Å². The number of rotatable bonds is 7. The second-order valence-electron chi connectivity index (χ2n) is 6.29. The predicted octanol–water partition coefficient (Wildman–Crippen LogP) is 1.27. The summed E-state index contributed by atoms with van der Waals surface area (Å²) in [5.41, 5.74) is 0.536. The van der Waals surface area contributed by atoms with E-state index in [9.17, 15) is 9.59 Å². The van der Waals surface area contributed by atoms with Crippen LogP contribution in [-0.4, -0.2) is 29.0 Å². The zero-order valence-electron chi connectivity index (χ0n) is 14.9. The Bertz CT molecular complexity index is 936. The van der Waals surface area contributed by atoms with Crippen LogP contribution in [0, 0.1) is 0 Å². The van der Waals surface area contributed by atoms with Crippen LogP contribution in [0.3, 0.4) is 0 Å². The van der Waals surface area contributed by atoms with Gasteiger partial charge in [-0.15, -0.1) is 11.3 Å². The molecule has 0 aliphatic rings. The first-order chi connectivity index (χ1) is 12.6. The fourth-order valence-electron chi connectivity index (χ4n) is 2.90. The molecule has 0 aliphatic heterocycles. The van der Waals surface area contributed by atoms with Crippen LogP contribution in [0.1, 0.15) is 30.6 Å². The number of H-pyrrole nitrogens is 1. The highest BCUT2D eigenvalue weighted by Crippen LogP contribution is 2.17. The molecule has 1 aromatic carbocycles. The van der Waals surface area contributed by atoms with Gasteiger partial charge < -0.3 is 15.2 Å². The maximum Gasteiger partial charge on any atom is 0.275 e. The lowest BCUT2D eigenvalue weighted by atomic mass is 10.2. The van der Waals surface area contributed by atoms with Gasteiger partial charge >= 0.3 is 0 Å². The Kier molecular flexibility index (Phi) is 5.80. The molecule has 3 rings (SSSR count). The molecular formula is C19H23N4O2S+. The molecule has 2 aromatic heterocycles. The number of amides is 1. The van der Waals surface area contributed by atoms with Crippen molar-refractivity contribution in [2.75, 3.05) is 13.1 Å². The van der Waals surface area contributed by atoms with E-state index >= 15 is 0 Å². The van der Waals surface area contributed by atoms with Gasteiger partial charge in [0, 0.05) is 4.88 Å². The molecule has 0 saturated heterocycles. The molecule has 26 heavy (non-hydrogen) atoms. The molecule has 7 heteroatoms. The van der Waals surface area contributed by atoms with Gasteiger partial charge in [0.25, 0.3) is 11.5 Å². The van der Waals surface area contributed by atoms with Crippen LogP contribution in [0.5, 0.6) is 0 Å². The molecule has 0 saturated carbocycles. The number of para-hydroxylation sites is 1. The predicted molar refractivity (Wildman–Crippen MR) is 103 cm³/mol. The average Bonchev–Trinajstić information content (AvgIpc) is 3.16. The Morgan fingerprint density at radius 2 is 2.12 bits per heavy atom. The molecule has 0 radical (unpaired) electrons. The number of aromatic amines is 1. The first kappa shape index (κ1) is 18.3. The van der Waals surface area contributed by atoms with Crippen LogP contribution in [-0.2, 0) is 11.3 Å². The van der Waals surface area contributed by atoms with Crippen LogP contribution in [0.15, 0.2) is 46.6 Å². The molecule has 1 unspecified atom stereocenters. The van der Waals surface area contributed by atoms with Crippen LogP contribution < -0.4 is 15.8 Å². The van der Waals surface area contributed by atoms with E-state index in [1.807, 2.05) is 49.6 Å². The maximum absolute atomic E-state index is 12.4. The molecule has 0 spiro atoms. The minimum absolute atomic E-state index is 0.000734. The van der Waals surface area contributed by atoms with Gasteiger partial charge in [0.1, 0.15) is 6.54 Å². The van der Waals surface area contributed by atoms with Crippen molar-refractivity contribution in [3.63, 3.8) is 0 Å². The molecular weight excluding hydrogens is 348 g/mol. The summed E-state index contributed by atoms with van der Waals surface area (Å²) in [6.07, 6.45) is 0. The molecule has 136 valence electrons. The summed E-state index contributed by atoms with van der Waals surface area (Å²) in [5, 5.41) is 5.62. The van der Waals surface area contributed by atoms with E-state index in [0.717, 1.165) is 16.3 Å². The number of hydrogen-bond donors (Lipinski definition) is 3. The van der Waals surface area contributed by atoms with Crippen molar-refractivity contribution in [1.29, 1.82) is 0 Å². The van der Waals surface area contributed by atoms with E-state index in [1.165, 1.54) is 0 Å².